The van der Waals surface area contributed by atoms with Gasteiger partial charge >= 0.3 is 39.5 Å². The van der Waals surface area contributed by atoms with Crippen LogP contribution in [0.3, 0.4) is 0 Å². The van der Waals surface area contributed by atoms with Crippen LogP contribution in [-0.4, -0.2) is 96.7 Å². The van der Waals surface area contributed by atoms with Gasteiger partial charge in [-0.3, -0.25) is 37.3 Å². The van der Waals surface area contributed by atoms with Crippen LogP contribution in [0.25, 0.3) is 0 Å². The number of aliphatic hydroxyl groups excluding tert-OH is 1. The average molecular weight is 1440 g/mol. The predicted molar refractivity (Wildman–Crippen MR) is 400 cm³/mol. The molecule has 0 aliphatic carbocycles. The number of hydrogen-bond donors (Lipinski definition) is 3. The Bertz CT molecular complexity index is 1890. The van der Waals surface area contributed by atoms with Crippen LogP contribution in [0.4, 0.5) is 0 Å². The maximum atomic E-state index is 13.1. The number of unbranched alkanes of at least 4 members (excludes halogenated alkanes) is 47. The van der Waals surface area contributed by atoms with E-state index >= 15 is 0 Å². The molecule has 19 heteroatoms. The highest BCUT2D eigenvalue weighted by atomic mass is 31.2. The first-order valence-electron chi connectivity index (χ1n) is 41.0. The summed E-state index contributed by atoms with van der Waals surface area (Å²) in [6.07, 6.45) is 59.6. The standard InChI is InChI=1S/C79H154O17P2/c1-7-10-12-14-16-18-20-22-24-26-28-30-32-37-43-49-55-61-76(81)89-67-74(95-78(83)63-57-51-44-38-33-31-29-27-25-23-21-19-17-15-13-11-8-2)69-93-97(85,86)91-65-73(80)66-92-98(87,88)94-70-75(68-90-77(82)62-56-50-46-40-41-47-53-59-71(4)5)96-79(84)64-58-52-45-39-35-34-36-42-48-54-60-72(6)9-3/h71-75,80H,7-70H2,1-6H3,(H,85,86)(H,87,88)/t72?,73-,74-,75-/m1/s1. The van der Waals surface area contributed by atoms with E-state index < -0.39 is 97.5 Å². The lowest BCUT2D eigenvalue weighted by Crippen LogP contribution is -2.30. The lowest BCUT2D eigenvalue weighted by Gasteiger charge is -2.21. The van der Waals surface area contributed by atoms with Crippen LogP contribution in [0.1, 0.15) is 414 Å². The Morgan fingerprint density at radius 1 is 0.296 bits per heavy atom. The van der Waals surface area contributed by atoms with Gasteiger partial charge < -0.3 is 33.8 Å². The van der Waals surface area contributed by atoms with Gasteiger partial charge in [-0.15, -0.1) is 0 Å². The van der Waals surface area contributed by atoms with Gasteiger partial charge in [0.1, 0.15) is 19.3 Å². The van der Waals surface area contributed by atoms with Gasteiger partial charge in [-0.2, -0.15) is 0 Å². The van der Waals surface area contributed by atoms with Crippen molar-refractivity contribution in [3.63, 3.8) is 0 Å². The second-order valence-corrected chi connectivity index (χ2v) is 32.1. The molecule has 0 rings (SSSR count). The SMILES string of the molecule is CCCCCCCCCCCCCCCCCCCC(=O)OC[C@H](COP(=O)(O)OC[C@@H](O)COP(=O)(O)OC[C@@H](COC(=O)CCCCCCCCCC(C)C)OC(=O)CCCCCCCCCCCCC(C)CC)OC(=O)CCCCCCCCCCCCCCCCCCC. The third-order valence-corrected chi connectivity index (χ3v) is 20.7. The molecule has 0 aliphatic heterocycles. The largest absolute Gasteiger partial charge is 0.472 e. The normalized spacial score (nSPS) is 14.2. The van der Waals surface area contributed by atoms with E-state index in [0.717, 1.165) is 102 Å². The molecule has 0 fully saturated rings. The summed E-state index contributed by atoms with van der Waals surface area (Å²) in [7, 11) is -9.92. The van der Waals surface area contributed by atoms with Gasteiger partial charge in [-0.1, -0.05) is 363 Å². The first-order chi connectivity index (χ1) is 47.4. The van der Waals surface area contributed by atoms with Gasteiger partial charge in [-0.25, -0.2) is 9.13 Å². The van der Waals surface area contributed by atoms with E-state index in [1.807, 2.05) is 0 Å². The Labute approximate surface area is 600 Å². The molecular weight excluding hydrogens is 1280 g/mol. The third kappa shape index (κ3) is 71.1. The summed E-state index contributed by atoms with van der Waals surface area (Å²) in [4.78, 5) is 72.9. The van der Waals surface area contributed by atoms with E-state index in [9.17, 15) is 43.2 Å². The number of phosphoric ester groups is 2. The molecule has 582 valence electrons. The maximum Gasteiger partial charge on any atom is 0.472 e. The van der Waals surface area contributed by atoms with Crippen LogP contribution in [0.5, 0.6) is 0 Å². The molecule has 0 aromatic carbocycles. The van der Waals surface area contributed by atoms with E-state index in [1.165, 1.54) is 225 Å². The van der Waals surface area contributed by atoms with Crippen molar-refractivity contribution in [2.45, 2.75) is 432 Å². The molecule has 0 heterocycles. The van der Waals surface area contributed by atoms with Crippen LogP contribution < -0.4 is 0 Å². The molecule has 0 saturated carbocycles. The second kappa shape index (κ2) is 70.7. The fourth-order valence-electron chi connectivity index (χ4n) is 12.2. The van der Waals surface area contributed by atoms with Crippen molar-refractivity contribution in [2.75, 3.05) is 39.6 Å². The van der Waals surface area contributed by atoms with Crippen LogP contribution in [-0.2, 0) is 65.4 Å². The number of rotatable bonds is 78. The Morgan fingerprint density at radius 2 is 0.520 bits per heavy atom. The molecule has 0 amide bonds. The van der Waals surface area contributed by atoms with Crippen molar-refractivity contribution in [3.05, 3.63) is 0 Å². The Morgan fingerprint density at radius 3 is 0.776 bits per heavy atom. The number of ether oxygens (including phenoxy) is 4. The van der Waals surface area contributed by atoms with E-state index in [2.05, 4.69) is 41.5 Å². The summed E-state index contributed by atoms with van der Waals surface area (Å²) in [5.74, 6) is -0.603. The quantitative estimate of drug-likeness (QED) is 0.0222. The summed E-state index contributed by atoms with van der Waals surface area (Å²) in [6, 6.07) is 0. The van der Waals surface area contributed by atoms with E-state index in [4.69, 9.17) is 37.0 Å². The van der Waals surface area contributed by atoms with Crippen LogP contribution in [0, 0.1) is 11.8 Å². The summed E-state index contributed by atoms with van der Waals surface area (Å²) < 4.78 is 68.7. The van der Waals surface area contributed by atoms with Gasteiger partial charge in [0.25, 0.3) is 0 Å². The zero-order valence-corrected chi connectivity index (χ0v) is 65.9. The predicted octanol–water partition coefficient (Wildman–Crippen LogP) is 23.5. The van der Waals surface area contributed by atoms with Gasteiger partial charge in [0, 0.05) is 25.7 Å². The monoisotopic (exact) mass is 1440 g/mol. The fourth-order valence-corrected chi connectivity index (χ4v) is 13.7. The maximum absolute atomic E-state index is 13.1. The first-order valence-corrected chi connectivity index (χ1v) is 44.0. The minimum atomic E-state index is -4.96. The van der Waals surface area contributed by atoms with Crippen molar-refractivity contribution < 1.29 is 80.2 Å². The van der Waals surface area contributed by atoms with E-state index in [-0.39, 0.29) is 25.7 Å². The molecule has 0 aromatic rings. The molecule has 0 aromatic heterocycles. The minimum Gasteiger partial charge on any atom is -0.462 e. The fraction of sp³-hybridized carbons (Fsp3) is 0.949. The van der Waals surface area contributed by atoms with Gasteiger partial charge in [0.2, 0.25) is 0 Å². The summed E-state index contributed by atoms with van der Waals surface area (Å²) >= 11 is 0. The molecule has 6 atom stereocenters. The second-order valence-electron chi connectivity index (χ2n) is 29.2. The molecule has 0 bridgehead atoms. The lowest BCUT2D eigenvalue weighted by molar-refractivity contribution is -0.161. The number of aliphatic hydroxyl groups is 1. The summed E-state index contributed by atoms with van der Waals surface area (Å²) in [5, 5.41) is 10.6. The summed E-state index contributed by atoms with van der Waals surface area (Å²) in [5.41, 5.74) is 0. The molecule has 3 unspecified atom stereocenters. The number of phosphoric acid groups is 2. The molecule has 0 spiro atoms. The van der Waals surface area contributed by atoms with Gasteiger partial charge in [-0.05, 0) is 37.5 Å². The van der Waals surface area contributed by atoms with Crippen molar-refractivity contribution in [1.82, 2.24) is 0 Å². The molecule has 0 radical (unpaired) electrons. The number of esters is 4. The van der Waals surface area contributed by atoms with Gasteiger partial charge in [0.15, 0.2) is 12.2 Å². The van der Waals surface area contributed by atoms with Crippen LogP contribution in [0.2, 0.25) is 0 Å². The highest BCUT2D eigenvalue weighted by Gasteiger charge is 2.30. The molecular formula is C79H154O17P2. The summed E-state index contributed by atoms with van der Waals surface area (Å²) in [6.45, 7) is 9.59. The topological polar surface area (TPSA) is 237 Å². The van der Waals surface area contributed by atoms with Crippen LogP contribution in [0.15, 0.2) is 0 Å². The number of carbonyl (C=O) groups is 4. The molecule has 0 saturated heterocycles. The van der Waals surface area contributed by atoms with Crippen molar-refractivity contribution in [2.24, 2.45) is 11.8 Å². The number of carbonyl (C=O) groups excluding carboxylic acids is 4. The van der Waals surface area contributed by atoms with E-state index in [1.54, 1.807) is 0 Å². The number of hydrogen-bond acceptors (Lipinski definition) is 15. The average Bonchev–Trinajstić information content (AvgIpc) is 0.938. The highest BCUT2D eigenvalue weighted by Crippen LogP contribution is 2.45. The molecule has 0 aliphatic rings. The molecule has 98 heavy (non-hydrogen) atoms. The highest BCUT2D eigenvalue weighted by molar-refractivity contribution is 7.47. The first kappa shape index (κ1) is 96.1. The van der Waals surface area contributed by atoms with Gasteiger partial charge in [0.05, 0.1) is 26.4 Å². The molecule has 17 nitrogen and oxygen atoms in total. The van der Waals surface area contributed by atoms with E-state index in [0.29, 0.717) is 31.6 Å². The van der Waals surface area contributed by atoms with Crippen LogP contribution >= 0.6 is 15.6 Å². The van der Waals surface area contributed by atoms with Crippen molar-refractivity contribution in [1.29, 1.82) is 0 Å². The third-order valence-electron chi connectivity index (χ3n) is 18.8. The zero-order chi connectivity index (χ0) is 72.1. The molecule has 3 N–H and O–H groups in total. The Balaban J connectivity index is 5.25. The minimum absolute atomic E-state index is 0.106. The smallest absolute Gasteiger partial charge is 0.462 e. The van der Waals surface area contributed by atoms with Crippen molar-refractivity contribution in [3.8, 4) is 0 Å². The zero-order valence-electron chi connectivity index (χ0n) is 64.1. The Hall–Kier alpha value is -1.94. The Kier molecular flexibility index (Phi) is 69.3. The lowest BCUT2D eigenvalue weighted by atomic mass is 9.99. The van der Waals surface area contributed by atoms with Crippen molar-refractivity contribution >= 4 is 39.5 Å².